The van der Waals surface area contributed by atoms with Gasteiger partial charge in [0.15, 0.2) is 0 Å². The van der Waals surface area contributed by atoms with Crippen molar-refractivity contribution in [3.8, 4) is 5.06 Å². The van der Waals surface area contributed by atoms with Crippen molar-refractivity contribution in [1.82, 2.24) is 0 Å². The average molecular weight is 257 g/mol. The van der Waals surface area contributed by atoms with Crippen LogP contribution in [0.3, 0.4) is 0 Å². The number of carbonyl (C=O) groups is 1. The van der Waals surface area contributed by atoms with E-state index in [-0.39, 0.29) is 0 Å². The highest BCUT2D eigenvalue weighted by Crippen LogP contribution is 2.41. The Morgan fingerprint density at radius 3 is 2.88 bits per heavy atom. The zero-order valence-electron chi connectivity index (χ0n) is 8.74. The van der Waals surface area contributed by atoms with E-state index < -0.39 is 6.16 Å². The maximum atomic E-state index is 11.0. The maximum absolute atomic E-state index is 11.0. The number of aryl methyl sites for hydroxylation is 1. The number of benzene rings is 1. The average Bonchev–Trinajstić information content (AvgIpc) is 2.55. The van der Waals surface area contributed by atoms with Gasteiger partial charge in [-0.05, 0) is 18.6 Å². The summed E-state index contributed by atoms with van der Waals surface area (Å²) in [5, 5.41) is 1.70. The number of methoxy groups -OCH3 is 1. The molecule has 1 aromatic carbocycles. The highest BCUT2D eigenvalue weighted by atomic mass is 35.5. The van der Waals surface area contributed by atoms with Crippen LogP contribution in [0.15, 0.2) is 18.2 Å². The number of fused-ring (bicyclic) bond motifs is 1. The van der Waals surface area contributed by atoms with E-state index in [4.69, 9.17) is 16.3 Å². The van der Waals surface area contributed by atoms with Crippen molar-refractivity contribution < 1.29 is 14.3 Å². The van der Waals surface area contributed by atoms with E-state index in [0.29, 0.717) is 10.1 Å². The minimum Gasteiger partial charge on any atom is -0.437 e. The molecule has 0 saturated carbocycles. The van der Waals surface area contributed by atoms with E-state index in [2.05, 4.69) is 4.74 Å². The van der Waals surface area contributed by atoms with Gasteiger partial charge in [0.25, 0.3) is 0 Å². The van der Waals surface area contributed by atoms with E-state index in [1.54, 1.807) is 0 Å². The third kappa shape index (κ3) is 1.99. The predicted molar refractivity (Wildman–Crippen MR) is 64.6 cm³/mol. The Bertz CT molecular complexity index is 547. The minimum atomic E-state index is -0.759. The molecule has 0 unspecified atom stereocenters. The van der Waals surface area contributed by atoms with Crippen molar-refractivity contribution in [2.45, 2.75) is 6.92 Å². The van der Waals surface area contributed by atoms with E-state index in [1.807, 2.05) is 25.1 Å². The molecular weight excluding hydrogens is 248 g/mol. The third-order valence-electron chi connectivity index (χ3n) is 2.10. The van der Waals surface area contributed by atoms with Crippen molar-refractivity contribution in [3.05, 3.63) is 28.8 Å². The zero-order valence-corrected chi connectivity index (χ0v) is 10.3. The highest BCUT2D eigenvalue weighted by molar-refractivity contribution is 7.21. The monoisotopic (exact) mass is 256 g/mol. The second kappa shape index (κ2) is 4.31. The molecule has 1 heterocycles. The normalized spacial score (nSPS) is 10.4. The van der Waals surface area contributed by atoms with Crippen molar-refractivity contribution in [2.24, 2.45) is 0 Å². The molecule has 16 heavy (non-hydrogen) atoms. The van der Waals surface area contributed by atoms with Crippen LogP contribution in [0.4, 0.5) is 4.79 Å². The van der Waals surface area contributed by atoms with Crippen LogP contribution in [0.5, 0.6) is 5.06 Å². The Morgan fingerprint density at radius 1 is 1.44 bits per heavy atom. The number of rotatable bonds is 1. The van der Waals surface area contributed by atoms with Crippen LogP contribution in [0.25, 0.3) is 10.1 Å². The van der Waals surface area contributed by atoms with Gasteiger partial charge in [-0.25, -0.2) is 4.79 Å². The molecule has 0 aliphatic carbocycles. The summed E-state index contributed by atoms with van der Waals surface area (Å²) in [6, 6.07) is 5.87. The predicted octanol–water partition coefficient (Wildman–Crippen LogP) is 4.01. The Morgan fingerprint density at radius 2 is 2.19 bits per heavy atom. The molecule has 0 bridgehead atoms. The van der Waals surface area contributed by atoms with Gasteiger partial charge in [0.2, 0.25) is 5.06 Å². The molecule has 1 aromatic heterocycles. The van der Waals surface area contributed by atoms with Gasteiger partial charge in [0.1, 0.15) is 5.02 Å². The summed E-state index contributed by atoms with van der Waals surface area (Å²) < 4.78 is 10.4. The molecule has 0 amide bonds. The van der Waals surface area contributed by atoms with Gasteiger partial charge in [0.05, 0.1) is 7.11 Å². The summed E-state index contributed by atoms with van der Waals surface area (Å²) in [7, 11) is 1.26. The van der Waals surface area contributed by atoms with Crippen molar-refractivity contribution >= 4 is 39.2 Å². The zero-order chi connectivity index (χ0) is 11.7. The summed E-state index contributed by atoms with van der Waals surface area (Å²) in [6.07, 6.45) is -0.759. The lowest BCUT2D eigenvalue weighted by Gasteiger charge is -1.98. The van der Waals surface area contributed by atoms with Gasteiger partial charge in [-0.15, -0.1) is 0 Å². The lowest BCUT2D eigenvalue weighted by atomic mass is 10.2. The van der Waals surface area contributed by atoms with Crippen molar-refractivity contribution in [2.75, 3.05) is 7.11 Å². The summed E-state index contributed by atoms with van der Waals surface area (Å²) in [4.78, 5) is 11.0. The summed E-state index contributed by atoms with van der Waals surface area (Å²) in [6.45, 7) is 1.99. The number of ether oxygens (including phenoxy) is 2. The first kappa shape index (κ1) is 11.2. The Kier molecular flexibility index (Phi) is 3.03. The van der Waals surface area contributed by atoms with Crippen molar-refractivity contribution in [3.63, 3.8) is 0 Å². The van der Waals surface area contributed by atoms with Crippen LogP contribution >= 0.6 is 22.9 Å². The molecule has 84 valence electrons. The molecule has 0 atom stereocenters. The first-order valence-electron chi connectivity index (χ1n) is 4.56. The lowest BCUT2D eigenvalue weighted by Crippen LogP contribution is -2.06. The summed E-state index contributed by atoms with van der Waals surface area (Å²) >= 11 is 7.41. The fourth-order valence-corrected chi connectivity index (χ4v) is 2.74. The minimum absolute atomic E-state index is 0.370. The first-order chi connectivity index (χ1) is 7.61. The highest BCUT2D eigenvalue weighted by Gasteiger charge is 2.14. The fourth-order valence-electron chi connectivity index (χ4n) is 1.33. The quantitative estimate of drug-likeness (QED) is 0.723. The topological polar surface area (TPSA) is 35.5 Å². The molecule has 0 radical (unpaired) electrons. The second-order valence-electron chi connectivity index (χ2n) is 3.26. The van der Waals surface area contributed by atoms with Crippen molar-refractivity contribution in [1.29, 1.82) is 0 Å². The van der Waals surface area contributed by atoms with Crippen LogP contribution in [-0.2, 0) is 4.74 Å². The number of thiophene rings is 1. The third-order valence-corrected chi connectivity index (χ3v) is 3.62. The SMILES string of the molecule is COC(=O)Oc1sc2cc(C)ccc2c1Cl. The maximum Gasteiger partial charge on any atom is 0.514 e. The van der Waals surface area contributed by atoms with Crippen LogP contribution in [0, 0.1) is 6.92 Å². The molecule has 0 aliphatic rings. The summed E-state index contributed by atoms with van der Waals surface area (Å²) in [5.74, 6) is 0. The molecule has 0 aliphatic heterocycles. The Hall–Kier alpha value is -1.26. The Balaban J connectivity index is 2.47. The molecule has 0 N–H and O–H groups in total. The lowest BCUT2D eigenvalue weighted by molar-refractivity contribution is 0.123. The number of halogens is 1. The standard InChI is InChI=1S/C11H9ClO3S/c1-6-3-4-7-8(5-6)16-10(9(7)12)15-11(13)14-2/h3-5H,1-2H3. The molecule has 0 fully saturated rings. The van der Waals surface area contributed by atoms with E-state index in [9.17, 15) is 4.79 Å². The van der Waals surface area contributed by atoms with Crippen LogP contribution in [0.1, 0.15) is 5.56 Å². The molecule has 0 saturated heterocycles. The van der Waals surface area contributed by atoms with Crippen LogP contribution < -0.4 is 4.74 Å². The van der Waals surface area contributed by atoms with Gasteiger partial charge >= 0.3 is 6.16 Å². The van der Waals surface area contributed by atoms with Gasteiger partial charge in [-0.2, -0.15) is 0 Å². The fraction of sp³-hybridized carbons (Fsp3) is 0.182. The number of hydrogen-bond donors (Lipinski definition) is 0. The summed E-state index contributed by atoms with van der Waals surface area (Å²) in [5.41, 5.74) is 1.13. The molecule has 3 nitrogen and oxygen atoms in total. The smallest absolute Gasteiger partial charge is 0.437 e. The number of hydrogen-bond acceptors (Lipinski definition) is 4. The first-order valence-corrected chi connectivity index (χ1v) is 5.75. The largest absolute Gasteiger partial charge is 0.514 e. The molecule has 2 rings (SSSR count). The molecule has 5 heteroatoms. The molecule has 2 aromatic rings. The Labute approximate surface area is 102 Å². The van der Waals surface area contributed by atoms with Crippen LogP contribution in [-0.4, -0.2) is 13.3 Å². The van der Waals surface area contributed by atoms with E-state index in [1.165, 1.54) is 18.4 Å². The van der Waals surface area contributed by atoms with Crippen LogP contribution in [0.2, 0.25) is 5.02 Å². The second-order valence-corrected chi connectivity index (χ2v) is 4.65. The number of carbonyl (C=O) groups excluding carboxylic acids is 1. The van der Waals surface area contributed by atoms with Gasteiger partial charge < -0.3 is 9.47 Å². The molecule has 0 spiro atoms. The van der Waals surface area contributed by atoms with E-state index >= 15 is 0 Å². The van der Waals surface area contributed by atoms with Gasteiger partial charge in [-0.3, -0.25) is 0 Å². The van der Waals surface area contributed by atoms with Gasteiger partial charge in [-0.1, -0.05) is 35.1 Å². The van der Waals surface area contributed by atoms with Gasteiger partial charge in [0, 0.05) is 10.1 Å². The van der Waals surface area contributed by atoms with E-state index in [0.717, 1.165) is 15.6 Å². The molecular formula is C11H9ClO3S.